The third kappa shape index (κ3) is 5.50. The number of amides is 1. The number of anilines is 1. The fourth-order valence-corrected chi connectivity index (χ4v) is 2.34. The highest BCUT2D eigenvalue weighted by molar-refractivity contribution is 5.97. The van der Waals surface area contributed by atoms with Crippen LogP contribution < -0.4 is 10.1 Å². The average Bonchev–Trinajstić information content (AvgIpc) is 2.61. The molecule has 1 unspecified atom stereocenters. The summed E-state index contributed by atoms with van der Waals surface area (Å²) >= 11 is 0. The summed E-state index contributed by atoms with van der Waals surface area (Å²) in [5.74, 6) is -0.166. The summed E-state index contributed by atoms with van der Waals surface area (Å²) in [4.78, 5) is 22.7. The fourth-order valence-electron chi connectivity index (χ4n) is 2.34. The summed E-state index contributed by atoms with van der Waals surface area (Å²) in [6, 6.07) is 11.3. The summed E-state index contributed by atoms with van der Waals surface area (Å²) in [6.45, 7) is 3.13. The van der Waals surface area contributed by atoms with Crippen LogP contribution in [0.3, 0.4) is 0 Å². The van der Waals surface area contributed by atoms with E-state index in [4.69, 9.17) is 9.47 Å². The molecule has 2 aromatic carbocycles. The van der Waals surface area contributed by atoms with E-state index >= 15 is 0 Å². The topological polar surface area (TPSA) is 111 Å². The Morgan fingerprint density at radius 2 is 1.93 bits per heavy atom. The first-order chi connectivity index (χ1) is 12.7. The van der Waals surface area contributed by atoms with E-state index in [1.54, 1.807) is 26.2 Å². The molecule has 0 spiro atoms. The van der Waals surface area contributed by atoms with Gasteiger partial charge in [-0.25, -0.2) is 0 Å². The zero-order chi connectivity index (χ0) is 20.0. The minimum absolute atomic E-state index is 0.0417. The third-order valence-corrected chi connectivity index (χ3v) is 3.89. The van der Waals surface area contributed by atoms with Crippen LogP contribution in [0.1, 0.15) is 18.1 Å². The number of hydrogen-bond acceptors (Lipinski definition) is 6. The van der Waals surface area contributed by atoms with Gasteiger partial charge in [-0.05, 0) is 43.7 Å². The second-order valence-electron chi connectivity index (χ2n) is 6.35. The molecule has 0 aliphatic heterocycles. The zero-order valence-electron chi connectivity index (χ0n) is 15.4. The standard InChI is InChI=1S/C19H22N2O6/c1-13-10-15(6-9-17(13)21(24)25)20-18(22)19(2,23)12-27-16-7-4-14(5-8-16)11-26-3/h4-10,23H,11-12H2,1-3H3,(H,20,22). The predicted molar refractivity (Wildman–Crippen MR) is 99.7 cm³/mol. The number of nitro benzene ring substituents is 1. The maximum Gasteiger partial charge on any atom is 0.272 e. The molecule has 2 rings (SSSR count). The molecule has 8 heteroatoms. The number of hydrogen-bond donors (Lipinski definition) is 2. The number of nitro groups is 1. The summed E-state index contributed by atoms with van der Waals surface area (Å²) < 4.78 is 10.5. The summed E-state index contributed by atoms with van der Waals surface area (Å²) in [6.07, 6.45) is 0. The van der Waals surface area contributed by atoms with Crippen molar-refractivity contribution < 1.29 is 24.3 Å². The van der Waals surface area contributed by atoms with Crippen molar-refractivity contribution in [2.45, 2.75) is 26.1 Å². The van der Waals surface area contributed by atoms with Gasteiger partial charge in [0.25, 0.3) is 11.6 Å². The molecule has 2 aromatic rings. The van der Waals surface area contributed by atoms with Crippen molar-refractivity contribution in [3.63, 3.8) is 0 Å². The van der Waals surface area contributed by atoms with Crippen LogP contribution in [0, 0.1) is 17.0 Å². The largest absolute Gasteiger partial charge is 0.490 e. The van der Waals surface area contributed by atoms with E-state index in [1.807, 2.05) is 12.1 Å². The molecule has 2 N–H and O–H groups in total. The Morgan fingerprint density at radius 3 is 2.48 bits per heavy atom. The van der Waals surface area contributed by atoms with E-state index in [9.17, 15) is 20.0 Å². The van der Waals surface area contributed by atoms with E-state index < -0.39 is 16.4 Å². The van der Waals surface area contributed by atoms with Crippen LogP contribution >= 0.6 is 0 Å². The van der Waals surface area contributed by atoms with E-state index in [0.29, 0.717) is 23.6 Å². The van der Waals surface area contributed by atoms with E-state index in [1.165, 1.54) is 25.1 Å². The van der Waals surface area contributed by atoms with Crippen molar-refractivity contribution in [3.05, 3.63) is 63.7 Å². The monoisotopic (exact) mass is 374 g/mol. The smallest absolute Gasteiger partial charge is 0.272 e. The predicted octanol–water partition coefficient (Wildman–Crippen LogP) is 2.82. The Labute approximate surface area is 156 Å². The second-order valence-corrected chi connectivity index (χ2v) is 6.35. The van der Waals surface area contributed by atoms with Gasteiger partial charge in [0.2, 0.25) is 0 Å². The Kier molecular flexibility index (Phi) is 6.49. The van der Waals surface area contributed by atoms with Crippen LogP contribution in [0.2, 0.25) is 0 Å². The first kappa shape index (κ1) is 20.3. The van der Waals surface area contributed by atoms with E-state index in [-0.39, 0.29) is 12.3 Å². The lowest BCUT2D eigenvalue weighted by Gasteiger charge is -2.22. The number of nitrogens with one attached hydrogen (secondary N) is 1. The Morgan fingerprint density at radius 1 is 1.26 bits per heavy atom. The molecule has 8 nitrogen and oxygen atoms in total. The molecule has 0 aromatic heterocycles. The van der Waals surface area contributed by atoms with Gasteiger partial charge in [-0.3, -0.25) is 14.9 Å². The van der Waals surface area contributed by atoms with Crippen molar-refractivity contribution in [1.29, 1.82) is 0 Å². The lowest BCUT2D eigenvalue weighted by Crippen LogP contribution is -2.45. The van der Waals surface area contributed by atoms with Crippen molar-refractivity contribution in [2.24, 2.45) is 0 Å². The highest BCUT2D eigenvalue weighted by atomic mass is 16.6. The molecule has 0 saturated carbocycles. The number of nitrogens with zero attached hydrogens (tertiary/aromatic N) is 1. The Hall–Kier alpha value is -2.97. The molecular formula is C19H22N2O6. The number of carbonyl (C=O) groups is 1. The molecular weight excluding hydrogens is 352 g/mol. The number of methoxy groups -OCH3 is 1. The minimum Gasteiger partial charge on any atom is -0.490 e. The summed E-state index contributed by atoms with van der Waals surface area (Å²) in [7, 11) is 1.60. The number of rotatable bonds is 8. The van der Waals surface area contributed by atoms with Gasteiger partial charge in [-0.2, -0.15) is 0 Å². The summed E-state index contributed by atoms with van der Waals surface area (Å²) in [5.41, 5.74) is -0.0963. The summed E-state index contributed by atoms with van der Waals surface area (Å²) in [5, 5.41) is 23.8. The quantitative estimate of drug-likeness (QED) is 0.543. The molecule has 0 fully saturated rings. The van der Waals surface area contributed by atoms with Gasteiger partial charge in [0.15, 0.2) is 5.60 Å². The molecule has 0 heterocycles. The van der Waals surface area contributed by atoms with Crippen LogP contribution in [0.4, 0.5) is 11.4 Å². The molecule has 0 aliphatic carbocycles. The van der Waals surface area contributed by atoms with Gasteiger partial charge >= 0.3 is 0 Å². The first-order valence-electron chi connectivity index (χ1n) is 8.22. The van der Waals surface area contributed by atoms with Gasteiger partial charge in [0.05, 0.1) is 11.5 Å². The molecule has 1 amide bonds. The molecule has 0 aliphatic rings. The van der Waals surface area contributed by atoms with Crippen LogP contribution in [0.15, 0.2) is 42.5 Å². The van der Waals surface area contributed by atoms with Crippen LogP contribution in [0.5, 0.6) is 5.75 Å². The van der Waals surface area contributed by atoms with E-state index in [2.05, 4.69) is 5.32 Å². The number of aliphatic hydroxyl groups is 1. The maximum atomic E-state index is 12.3. The second kappa shape index (κ2) is 8.61. The number of benzene rings is 2. The Bertz CT molecular complexity index is 817. The molecule has 0 saturated heterocycles. The highest BCUT2D eigenvalue weighted by Crippen LogP contribution is 2.22. The van der Waals surface area contributed by atoms with Gasteiger partial charge in [-0.1, -0.05) is 12.1 Å². The molecule has 0 bridgehead atoms. The highest BCUT2D eigenvalue weighted by Gasteiger charge is 2.31. The molecule has 0 radical (unpaired) electrons. The zero-order valence-corrected chi connectivity index (χ0v) is 15.4. The van der Waals surface area contributed by atoms with Crippen molar-refractivity contribution in [1.82, 2.24) is 0 Å². The first-order valence-corrected chi connectivity index (χ1v) is 8.22. The van der Waals surface area contributed by atoms with Gasteiger partial charge in [0.1, 0.15) is 12.4 Å². The molecule has 1 atom stereocenters. The lowest BCUT2D eigenvalue weighted by molar-refractivity contribution is -0.385. The number of ether oxygens (including phenoxy) is 2. The average molecular weight is 374 g/mol. The van der Waals surface area contributed by atoms with Crippen molar-refractivity contribution in [2.75, 3.05) is 19.0 Å². The van der Waals surface area contributed by atoms with Gasteiger partial charge in [0, 0.05) is 24.4 Å². The maximum absolute atomic E-state index is 12.3. The van der Waals surface area contributed by atoms with Crippen molar-refractivity contribution >= 4 is 17.3 Å². The number of carbonyl (C=O) groups excluding carboxylic acids is 1. The fraction of sp³-hybridized carbons (Fsp3) is 0.316. The van der Waals surface area contributed by atoms with Gasteiger partial charge < -0.3 is 19.9 Å². The van der Waals surface area contributed by atoms with Gasteiger partial charge in [-0.15, -0.1) is 0 Å². The van der Waals surface area contributed by atoms with E-state index in [0.717, 1.165) is 5.56 Å². The Balaban J connectivity index is 1.98. The molecule has 144 valence electrons. The lowest BCUT2D eigenvalue weighted by atomic mass is 10.1. The van der Waals surface area contributed by atoms with Crippen LogP contribution in [-0.2, 0) is 16.1 Å². The van der Waals surface area contributed by atoms with Crippen LogP contribution in [-0.4, -0.2) is 35.3 Å². The SMILES string of the molecule is COCc1ccc(OCC(C)(O)C(=O)Nc2ccc([N+](=O)[O-])c(C)c2)cc1. The third-order valence-electron chi connectivity index (χ3n) is 3.89. The normalized spacial score (nSPS) is 12.9. The van der Waals surface area contributed by atoms with Crippen LogP contribution in [0.25, 0.3) is 0 Å². The minimum atomic E-state index is -1.79. The molecule has 27 heavy (non-hydrogen) atoms. The number of aryl methyl sites for hydroxylation is 1. The van der Waals surface area contributed by atoms with Crippen molar-refractivity contribution in [3.8, 4) is 5.75 Å².